The van der Waals surface area contributed by atoms with E-state index in [-0.39, 0.29) is 17.5 Å². The zero-order valence-electron chi connectivity index (χ0n) is 14.8. The largest absolute Gasteiger partial charge is 0.437 e. The number of carbonyl (C=O) groups excluding carboxylic acids is 1. The first-order valence-corrected chi connectivity index (χ1v) is 8.90. The molecule has 0 atom stereocenters. The molecule has 0 aliphatic heterocycles. The summed E-state index contributed by atoms with van der Waals surface area (Å²) in [6.45, 7) is 1.80. The van der Waals surface area contributed by atoms with Gasteiger partial charge in [0, 0.05) is 23.2 Å². The quantitative estimate of drug-likeness (QED) is 0.562. The first kappa shape index (κ1) is 19.9. The lowest BCUT2D eigenvalue weighted by molar-refractivity contribution is -0.141. The Hall–Kier alpha value is -2.81. The minimum Gasteiger partial charge on any atom is -0.437 e. The molecular formula is C19H15BrF3N3O2. The second-order valence-electron chi connectivity index (χ2n) is 6.03. The van der Waals surface area contributed by atoms with Gasteiger partial charge in [-0.3, -0.25) is 4.79 Å². The number of benzene rings is 2. The predicted molar refractivity (Wildman–Crippen MR) is 102 cm³/mol. The van der Waals surface area contributed by atoms with Crippen LogP contribution in [0.15, 0.2) is 53.0 Å². The van der Waals surface area contributed by atoms with Gasteiger partial charge in [0.2, 0.25) is 5.88 Å². The molecule has 5 nitrogen and oxygen atoms in total. The molecule has 0 saturated heterocycles. The Kier molecular flexibility index (Phi) is 5.46. The molecule has 0 fully saturated rings. The van der Waals surface area contributed by atoms with Gasteiger partial charge in [0.1, 0.15) is 0 Å². The van der Waals surface area contributed by atoms with Crippen LogP contribution >= 0.6 is 15.9 Å². The number of carbonyl (C=O) groups is 1. The standard InChI is InChI=1S/C19H15BrF3N3O2/c1-11-8-13(20)17(24-18(27)12-6-4-3-5-7-12)14(9-11)28-16-10-15(19(21,22)23)25-26(16)2/h3-10H,1-2H3,(H,24,27). The van der Waals surface area contributed by atoms with E-state index >= 15 is 0 Å². The second kappa shape index (κ2) is 7.67. The lowest BCUT2D eigenvalue weighted by Crippen LogP contribution is -2.13. The highest BCUT2D eigenvalue weighted by Crippen LogP contribution is 2.38. The first-order chi connectivity index (χ1) is 13.1. The predicted octanol–water partition coefficient (Wildman–Crippen LogP) is 5.55. The molecule has 2 aromatic carbocycles. The van der Waals surface area contributed by atoms with E-state index in [1.807, 2.05) is 0 Å². The number of rotatable bonds is 4. The summed E-state index contributed by atoms with van der Waals surface area (Å²) < 4.78 is 45.9. The van der Waals surface area contributed by atoms with Gasteiger partial charge in [-0.25, -0.2) is 4.68 Å². The molecule has 9 heteroatoms. The van der Waals surface area contributed by atoms with Crippen LogP contribution in [-0.4, -0.2) is 15.7 Å². The van der Waals surface area contributed by atoms with E-state index in [9.17, 15) is 18.0 Å². The summed E-state index contributed by atoms with van der Waals surface area (Å²) in [5.74, 6) is -0.302. The normalized spacial score (nSPS) is 11.4. The van der Waals surface area contributed by atoms with Gasteiger partial charge in [-0.2, -0.15) is 18.3 Å². The Morgan fingerprint density at radius 1 is 1.18 bits per heavy atom. The van der Waals surface area contributed by atoms with Gasteiger partial charge < -0.3 is 10.1 Å². The van der Waals surface area contributed by atoms with Gasteiger partial charge in [0.25, 0.3) is 5.91 Å². The number of nitrogens with zero attached hydrogens (tertiary/aromatic N) is 2. The van der Waals surface area contributed by atoms with E-state index in [0.29, 0.717) is 15.7 Å². The molecule has 0 aliphatic rings. The molecule has 28 heavy (non-hydrogen) atoms. The zero-order valence-corrected chi connectivity index (χ0v) is 16.4. The second-order valence-corrected chi connectivity index (χ2v) is 6.89. The third-order valence-corrected chi connectivity index (χ3v) is 4.44. The fourth-order valence-electron chi connectivity index (χ4n) is 2.48. The fraction of sp³-hybridized carbons (Fsp3) is 0.158. The van der Waals surface area contributed by atoms with E-state index in [2.05, 4.69) is 26.3 Å². The summed E-state index contributed by atoms with van der Waals surface area (Å²) in [6, 6.07) is 12.7. The molecular weight excluding hydrogens is 439 g/mol. The molecule has 0 bridgehead atoms. The average molecular weight is 454 g/mol. The number of anilines is 1. The third kappa shape index (κ3) is 4.36. The number of hydrogen-bond donors (Lipinski definition) is 1. The maximum atomic E-state index is 12.9. The summed E-state index contributed by atoms with van der Waals surface area (Å²) >= 11 is 3.37. The van der Waals surface area contributed by atoms with Crippen molar-refractivity contribution in [1.82, 2.24) is 9.78 Å². The zero-order chi connectivity index (χ0) is 20.5. The van der Waals surface area contributed by atoms with Gasteiger partial charge in [-0.05, 0) is 52.7 Å². The number of amides is 1. The summed E-state index contributed by atoms with van der Waals surface area (Å²) in [5, 5.41) is 6.17. The molecule has 0 spiro atoms. The number of aryl methyl sites for hydroxylation is 2. The number of ether oxygens (including phenoxy) is 1. The number of halogens is 4. The van der Waals surface area contributed by atoms with Gasteiger partial charge >= 0.3 is 6.18 Å². The van der Waals surface area contributed by atoms with Crippen molar-refractivity contribution < 1.29 is 22.7 Å². The lowest BCUT2D eigenvalue weighted by atomic mass is 10.2. The van der Waals surface area contributed by atoms with Crippen LogP contribution in [0.2, 0.25) is 0 Å². The summed E-state index contributed by atoms with van der Waals surface area (Å²) in [4.78, 5) is 12.5. The molecule has 1 heterocycles. The van der Waals surface area contributed by atoms with Crippen LogP contribution in [0.5, 0.6) is 11.6 Å². The Morgan fingerprint density at radius 2 is 1.86 bits per heavy atom. The summed E-state index contributed by atoms with van der Waals surface area (Å²) in [6.07, 6.45) is -4.59. The number of aromatic nitrogens is 2. The van der Waals surface area contributed by atoms with Crippen LogP contribution in [0.3, 0.4) is 0 Å². The molecule has 0 unspecified atom stereocenters. The van der Waals surface area contributed by atoms with Crippen LogP contribution in [-0.2, 0) is 13.2 Å². The Balaban J connectivity index is 1.96. The van der Waals surface area contributed by atoms with Crippen LogP contribution in [0.25, 0.3) is 0 Å². The molecule has 3 aromatic rings. The summed E-state index contributed by atoms with van der Waals surface area (Å²) in [7, 11) is 1.34. The van der Waals surface area contributed by atoms with Crippen molar-refractivity contribution in [2.75, 3.05) is 5.32 Å². The van der Waals surface area contributed by atoms with Crippen molar-refractivity contribution in [3.05, 3.63) is 69.8 Å². The number of nitrogens with one attached hydrogen (secondary N) is 1. The molecule has 0 aliphatic carbocycles. The van der Waals surface area contributed by atoms with E-state index < -0.39 is 11.9 Å². The van der Waals surface area contributed by atoms with Gasteiger partial charge in [0.15, 0.2) is 11.4 Å². The van der Waals surface area contributed by atoms with Crippen molar-refractivity contribution in [3.8, 4) is 11.6 Å². The molecule has 0 radical (unpaired) electrons. The molecule has 0 saturated carbocycles. The highest BCUT2D eigenvalue weighted by atomic mass is 79.9. The highest BCUT2D eigenvalue weighted by molar-refractivity contribution is 9.10. The number of alkyl halides is 3. The van der Waals surface area contributed by atoms with E-state index in [4.69, 9.17) is 4.74 Å². The van der Waals surface area contributed by atoms with Gasteiger partial charge in [-0.1, -0.05) is 18.2 Å². The molecule has 1 amide bonds. The van der Waals surface area contributed by atoms with Crippen LogP contribution < -0.4 is 10.1 Å². The maximum Gasteiger partial charge on any atom is 0.435 e. The summed E-state index contributed by atoms with van der Waals surface area (Å²) in [5.41, 5.74) is 0.458. The first-order valence-electron chi connectivity index (χ1n) is 8.11. The lowest BCUT2D eigenvalue weighted by Gasteiger charge is -2.15. The minimum absolute atomic E-state index is 0.111. The van der Waals surface area contributed by atoms with Crippen LogP contribution in [0.4, 0.5) is 18.9 Å². The van der Waals surface area contributed by atoms with E-state index in [1.165, 1.54) is 7.05 Å². The minimum atomic E-state index is -4.59. The monoisotopic (exact) mass is 453 g/mol. The highest BCUT2D eigenvalue weighted by Gasteiger charge is 2.35. The van der Waals surface area contributed by atoms with Crippen LogP contribution in [0.1, 0.15) is 21.6 Å². The van der Waals surface area contributed by atoms with Crippen LogP contribution in [0, 0.1) is 6.92 Å². The third-order valence-electron chi connectivity index (χ3n) is 3.81. The smallest absolute Gasteiger partial charge is 0.435 e. The van der Waals surface area contributed by atoms with Crippen molar-refractivity contribution in [1.29, 1.82) is 0 Å². The molecule has 1 aromatic heterocycles. The Labute approximate surface area is 167 Å². The van der Waals surface area contributed by atoms with E-state index in [0.717, 1.165) is 16.3 Å². The van der Waals surface area contributed by atoms with Crippen molar-refractivity contribution in [2.24, 2.45) is 7.05 Å². The van der Waals surface area contributed by atoms with Crippen molar-refractivity contribution in [3.63, 3.8) is 0 Å². The van der Waals surface area contributed by atoms with Crippen molar-refractivity contribution >= 4 is 27.5 Å². The molecule has 3 rings (SSSR count). The van der Waals surface area contributed by atoms with E-state index in [1.54, 1.807) is 49.4 Å². The average Bonchev–Trinajstić information content (AvgIpc) is 2.99. The van der Waals surface area contributed by atoms with Gasteiger partial charge in [-0.15, -0.1) is 0 Å². The fourth-order valence-corrected chi connectivity index (χ4v) is 3.14. The molecule has 1 N–H and O–H groups in total. The topological polar surface area (TPSA) is 56.1 Å². The number of hydrogen-bond acceptors (Lipinski definition) is 3. The maximum absolute atomic E-state index is 12.9. The van der Waals surface area contributed by atoms with Gasteiger partial charge in [0.05, 0.1) is 5.69 Å². The SMILES string of the molecule is Cc1cc(Br)c(NC(=O)c2ccccc2)c(Oc2cc(C(F)(F)F)nn2C)c1. The van der Waals surface area contributed by atoms with Crippen molar-refractivity contribution in [2.45, 2.75) is 13.1 Å². The molecule has 146 valence electrons. The Bertz CT molecular complexity index is 1020. The Morgan fingerprint density at radius 3 is 2.46 bits per heavy atom.